The highest BCUT2D eigenvalue weighted by atomic mass is 28.3. The summed E-state index contributed by atoms with van der Waals surface area (Å²) >= 11 is 0. The summed E-state index contributed by atoms with van der Waals surface area (Å²) in [6, 6.07) is 22.2. The number of rotatable bonds is 3. The van der Waals surface area contributed by atoms with Crippen LogP contribution >= 0.6 is 0 Å². The number of aliphatic hydroxyl groups is 1. The van der Waals surface area contributed by atoms with Crippen molar-refractivity contribution in [3.63, 3.8) is 0 Å². The molecule has 0 bridgehead atoms. The molecular weight excluding hydrogens is 456 g/mol. The zero-order chi connectivity index (χ0) is 24.5. The molecule has 0 saturated carbocycles. The molecule has 6 rings (SSSR count). The van der Waals surface area contributed by atoms with Crippen molar-refractivity contribution in [1.29, 1.82) is 0 Å². The Bertz CT molecular complexity index is 1580. The molecule has 0 radical (unpaired) electrons. The predicted octanol–water partition coefficient (Wildman–Crippen LogP) is 3.78. The zero-order valence-corrected chi connectivity index (χ0v) is 20.9. The van der Waals surface area contributed by atoms with Gasteiger partial charge in [0.2, 0.25) is 0 Å². The lowest BCUT2D eigenvalue weighted by Gasteiger charge is -2.35. The minimum Gasteiger partial charge on any atom is -0.458 e. The van der Waals surface area contributed by atoms with Gasteiger partial charge in [-0.15, -0.1) is 0 Å². The van der Waals surface area contributed by atoms with Crippen LogP contribution in [0.2, 0.25) is 13.1 Å². The van der Waals surface area contributed by atoms with Gasteiger partial charge in [-0.3, -0.25) is 4.79 Å². The molecule has 4 aromatic rings. The van der Waals surface area contributed by atoms with E-state index < -0.39 is 19.6 Å². The average molecular weight is 483 g/mol. The van der Waals surface area contributed by atoms with Gasteiger partial charge >= 0.3 is 5.97 Å². The van der Waals surface area contributed by atoms with E-state index >= 15 is 0 Å². The lowest BCUT2D eigenvalue weighted by Crippen LogP contribution is -2.52. The van der Waals surface area contributed by atoms with E-state index in [0.717, 1.165) is 22.2 Å². The Morgan fingerprint density at radius 3 is 2.54 bits per heavy atom. The number of aromatic nitrogens is 2. The van der Waals surface area contributed by atoms with Crippen LogP contribution in [0.4, 0.5) is 0 Å². The van der Waals surface area contributed by atoms with Gasteiger partial charge in [-0.05, 0) is 24.6 Å². The molecule has 0 spiro atoms. The molecule has 2 aliphatic rings. The van der Waals surface area contributed by atoms with Crippen molar-refractivity contribution in [2.24, 2.45) is 0 Å². The van der Waals surface area contributed by atoms with Crippen LogP contribution in [0, 0.1) is 0 Å². The molecular formula is C28H26N2O4Si. The van der Waals surface area contributed by atoms with E-state index in [-0.39, 0.29) is 24.3 Å². The maximum absolute atomic E-state index is 14.1. The molecule has 4 heterocycles. The number of hydrogen-bond acceptors (Lipinski definition) is 5. The third kappa shape index (κ3) is 2.95. The fourth-order valence-corrected chi connectivity index (χ4v) is 9.00. The second-order valence-electron chi connectivity index (χ2n) is 10.00. The van der Waals surface area contributed by atoms with Crippen LogP contribution in [0.5, 0.6) is 0 Å². The smallest absolute Gasteiger partial charge is 0.343 e. The minimum absolute atomic E-state index is 0.118. The highest BCUT2D eigenvalue weighted by molar-refractivity contribution is 6.91. The number of ether oxygens (including phenoxy) is 1. The van der Waals surface area contributed by atoms with E-state index in [9.17, 15) is 14.7 Å². The molecule has 0 aliphatic carbocycles. The van der Waals surface area contributed by atoms with Crippen LogP contribution in [0.1, 0.15) is 35.7 Å². The molecule has 35 heavy (non-hydrogen) atoms. The number of fused-ring (bicyclic) bond motifs is 5. The zero-order valence-electron chi connectivity index (χ0n) is 19.9. The lowest BCUT2D eigenvalue weighted by molar-refractivity contribution is -0.172. The Morgan fingerprint density at radius 1 is 1.09 bits per heavy atom. The van der Waals surface area contributed by atoms with Gasteiger partial charge in [-0.1, -0.05) is 73.7 Å². The van der Waals surface area contributed by atoms with Crippen LogP contribution in [0.3, 0.4) is 0 Å². The number of carbonyl (C=O) groups is 1. The maximum atomic E-state index is 14.1. The molecule has 0 fully saturated rings. The highest BCUT2D eigenvalue weighted by Gasteiger charge is 2.49. The second kappa shape index (κ2) is 7.47. The number of hydrogen-bond donors (Lipinski definition) is 1. The van der Waals surface area contributed by atoms with Gasteiger partial charge in [-0.2, -0.15) is 0 Å². The first-order chi connectivity index (χ1) is 16.8. The Labute approximate surface area is 203 Å². The first-order valence-corrected chi connectivity index (χ1v) is 15.0. The molecule has 176 valence electrons. The van der Waals surface area contributed by atoms with Gasteiger partial charge in [0.15, 0.2) is 5.60 Å². The molecule has 6 nitrogen and oxygen atoms in total. The molecule has 1 N–H and O–H groups in total. The van der Waals surface area contributed by atoms with E-state index in [1.54, 1.807) is 13.0 Å². The summed E-state index contributed by atoms with van der Waals surface area (Å²) in [6.07, 6.45) is 0.118. The first-order valence-electron chi connectivity index (χ1n) is 11.9. The minimum atomic E-state index is -2.32. The fraction of sp³-hybridized carbons (Fsp3) is 0.250. The van der Waals surface area contributed by atoms with Crippen LogP contribution < -0.4 is 10.7 Å². The summed E-state index contributed by atoms with van der Waals surface area (Å²) in [5.41, 5.74) is 1.66. The van der Waals surface area contributed by atoms with Crippen molar-refractivity contribution >= 4 is 30.1 Å². The number of cyclic esters (lactones) is 1. The highest BCUT2D eigenvalue weighted by Crippen LogP contribution is 2.45. The topological polar surface area (TPSA) is 81.4 Å². The Hall–Kier alpha value is -3.55. The average Bonchev–Trinajstić information content (AvgIpc) is 3.20. The normalized spacial score (nSPS) is 20.8. The third-order valence-corrected chi connectivity index (χ3v) is 11.5. The number of esters is 1. The van der Waals surface area contributed by atoms with Gasteiger partial charge in [0, 0.05) is 16.5 Å². The largest absolute Gasteiger partial charge is 0.458 e. The maximum Gasteiger partial charge on any atom is 0.343 e. The van der Waals surface area contributed by atoms with Crippen molar-refractivity contribution in [1.82, 2.24) is 9.55 Å². The third-order valence-electron chi connectivity index (χ3n) is 7.74. The van der Waals surface area contributed by atoms with Crippen molar-refractivity contribution < 1.29 is 14.6 Å². The summed E-state index contributed by atoms with van der Waals surface area (Å²) < 4.78 is 7.14. The number of para-hydroxylation sites is 1. The Balaban J connectivity index is 1.71. The molecule has 0 amide bonds. The lowest BCUT2D eigenvalue weighted by atomic mass is 9.86. The number of carbonyl (C=O) groups excluding carboxylic acids is 1. The van der Waals surface area contributed by atoms with Crippen molar-refractivity contribution in [3.8, 4) is 11.4 Å². The quantitative estimate of drug-likeness (QED) is 0.355. The van der Waals surface area contributed by atoms with Crippen LogP contribution in [0.25, 0.3) is 22.3 Å². The van der Waals surface area contributed by atoms with E-state index in [4.69, 9.17) is 9.72 Å². The molecule has 2 atom stereocenters. The van der Waals surface area contributed by atoms with Crippen molar-refractivity contribution in [3.05, 3.63) is 93.8 Å². The molecule has 7 heteroatoms. The van der Waals surface area contributed by atoms with Crippen LogP contribution in [0.15, 0.2) is 71.5 Å². The van der Waals surface area contributed by atoms with Gasteiger partial charge in [0.1, 0.15) is 14.7 Å². The number of benzene rings is 2. The summed E-state index contributed by atoms with van der Waals surface area (Å²) in [5, 5.41) is 13.5. The van der Waals surface area contributed by atoms with Gasteiger partial charge in [0.25, 0.3) is 5.56 Å². The van der Waals surface area contributed by atoms with Gasteiger partial charge in [-0.25, -0.2) is 9.78 Å². The summed E-state index contributed by atoms with van der Waals surface area (Å²) in [4.78, 5) is 31.7. The number of nitrogens with zero attached hydrogens (tertiary/aromatic N) is 2. The van der Waals surface area contributed by atoms with Crippen LogP contribution in [-0.4, -0.2) is 28.7 Å². The van der Waals surface area contributed by atoms with Gasteiger partial charge < -0.3 is 14.4 Å². The predicted molar refractivity (Wildman–Crippen MR) is 137 cm³/mol. The van der Waals surface area contributed by atoms with Crippen LogP contribution in [-0.2, 0) is 21.7 Å². The first kappa shape index (κ1) is 21.9. The molecule has 1 unspecified atom stereocenters. The van der Waals surface area contributed by atoms with E-state index in [1.165, 1.54) is 5.19 Å². The summed E-state index contributed by atoms with van der Waals surface area (Å²) in [5.74, 6) is -0.711. The molecule has 2 aromatic heterocycles. The number of pyridine rings is 2. The SMILES string of the molecule is CC[C@@]1(O)C(=O)OCc2c1cc1n(c2=O)C([Si](C)(C)c2ccccc2)c2cc3ccccc3nc2-1. The van der Waals surface area contributed by atoms with E-state index in [0.29, 0.717) is 16.8 Å². The molecule has 0 saturated heterocycles. The Morgan fingerprint density at radius 2 is 1.80 bits per heavy atom. The van der Waals surface area contributed by atoms with E-state index in [1.807, 2.05) is 47.0 Å². The monoisotopic (exact) mass is 482 g/mol. The van der Waals surface area contributed by atoms with Crippen molar-refractivity contribution in [2.45, 2.75) is 44.3 Å². The summed E-state index contributed by atoms with van der Waals surface area (Å²) in [6.45, 7) is 6.13. The van der Waals surface area contributed by atoms with Gasteiger partial charge in [0.05, 0.1) is 28.1 Å². The second-order valence-corrected chi connectivity index (χ2v) is 14.6. The summed E-state index contributed by atoms with van der Waals surface area (Å²) in [7, 11) is -2.32. The Kier molecular flexibility index (Phi) is 4.68. The molecule has 2 aliphatic heterocycles. The van der Waals surface area contributed by atoms with E-state index in [2.05, 4.69) is 31.3 Å². The standard InChI is InChI=1S/C28H26N2O4Si/c1-4-28(33)21-15-23-24-19(14-17-10-8-9-13-22(17)29-24)26(35(2,3)18-11-6-5-7-12-18)30(23)25(31)20(21)16-34-27(28)32/h5-15,26,33H,4,16H2,1-3H3/t26?,28-/m0/s1. The fourth-order valence-electron chi connectivity index (χ4n) is 5.73. The molecule has 2 aromatic carbocycles. The van der Waals surface area contributed by atoms with Crippen molar-refractivity contribution in [2.75, 3.05) is 0 Å².